The maximum absolute atomic E-state index is 12.0. The van der Waals surface area contributed by atoms with E-state index in [1.165, 1.54) is 0 Å². The van der Waals surface area contributed by atoms with Gasteiger partial charge in [0, 0.05) is 0 Å². The fourth-order valence-corrected chi connectivity index (χ4v) is 0.754. The van der Waals surface area contributed by atoms with Crippen LogP contribution in [0, 0.1) is 6.33 Å². The summed E-state index contributed by atoms with van der Waals surface area (Å²) in [5, 5.41) is 0. The number of rotatable bonds is 5. The van der Waals surface area contributed by atoms with Crippen molar-refractivity contribution in [2.45, 2.75) is 39.0 Å². The molecule has 0 bridgehead atoms. The third-order valence-corrected chi connectivity index (χ3v) is 1.35. The first-order valence-corrected chi connectivity index (χ1v) is 3.69. The Hall–Kier alpha value is 0.197. The van der Waals surface area contributed by atoms with Gasteiger partial charge in [-0.25, -0.2) is 0 Å². The molecule has 0 heterocycles. The van der Waals surface area contributed by atoms with Gasteiger partial charge in [-0.2, -0.15) is 0 Å². The summed E-state index contributed by atoms with van der Waals surface area (Å²) < 4.78 is 23.2. The molecule has 0 rings (SSSR count). The van der Waals surface area contributed by atoms with Gasteiger partial charge in [0.1, 0.15) is 0 Å². The van der Waals surface area contributed by atoms with Crippen LogP contribution in [-0.4, -0.2) is 0 Å². The Kier molecular flexibility index (Phi) is 12.8. The van der Waals surface area contributed by atoms with Crippen LogP contribution in [0.2, 0.25) is 0 Å². The van der Waals surface area contributed by atoms with Crippen LogP contribution in [0.5, 0.6) is 0 Å². The van der Waals surface area contributed by atoms with Crippen LogP contribution in [0.4, 0.5) is 8.78 Å². The first-order chi connectivity index (χ1) is 4.81. The van der Waals surface area contributed by atoms with Gasteiger partial charge in [0.15, 0.2) is 0 Å². The number of hydrogen-bond acceptors (Lipinski definition) is 0. The molecule has 0 aliphatic rings. The van der Waals surface area contributed by atoms with Gasteiger partial charge in [-0.3, -0.25) is 10.7 Å². The molecule has 0 aliphatic carbocycles. The molecule has 0 spiro atoms. The molecule has 0 aliphatic heterocycles. The normalized spacial score (nSPS) is 11.0. The Labute approximate surface area is 79.2 Å². The summed E-state index contributed by atoms with van der Waals surface area (Å²) in [5.74, 6) is -0.754. The molecule has 0 radical (unpaired) electrons. The topological polar surface area (TPSA) is 0 Å². The third-order valence-electron chi connectivity index (χ3n) is 1.35. The van der Waals surface area contributed by atoms with E-state index in [4.69, 9.17) is 0 Å². The average Bonchev–Trinajstić information content (AvgIpc) is 1.98. The predicted octanol–water partition coefficient (Wildman–Crippen LogP) is 0.544. The summed E-state index contributed by atoms with van der Waals surface area (Å²) in [4.78, 5) is 0. The third kappa shape index (κ3) is 10.2. The minimum atomic E-state index is -0.754. The van der Waals surface area contributed by atoms with Crippen LogP contribution in [0.1, 0.15) is 39.0 Å². The van der Waals surface area contributed by atoms with Gasteiger partial charge < -0.3 is 4.39 Å². The van der Waals surface area contributed by atoms with Crippen molar-refractivity contribution in [1.29, 1.82) is 0 Å². The van der Waals surface area contributed by atoms with Crippen molar-refractivity contribution in [2.75, 3.05) is 0 Å². The first-order valence-electron chi connectivity index (χ1n) is 3.69. The summed E-state index contributed by atoms with van der Waals surface area (Å²) in [7, 11) is 0. The van der Waals surface area contributed by atoms with Crippen molar-refractivity contribution >= 4 is 0 Å². The molecule has 0 fully saturated rings. The fraction of sp³-hybridized carbons (Fsp3) is 0.750. The summed E-state index contributed by atoms with van der Waals surface area (Å²) in [6, 6.07) is 0. The van der Waals surface area contributed by atoms with E-state index in [1.54, 1.807) is 0 Å². The predicted molar refractivity (Wildman–Crippen MR) is 37.7 cm³/mol. The average molecular weight is 154 g/mol. The van der Waals surface area contributed by atoms with Crippen LogP contribution in [0.25, 0.3) is 0 Å². The zero-order chi connectivity index (χ0) is 7.82. The Morgan fingerprint density at radius 2 is 1.91 bits per heavy atom. The molecule has 11 heavy (non-hydrogen) atoms. The van der Waals surface area contributed by atoms with Crippen LogP contribution in [0.15, 0.2) is 5.83 Å². The molecule has 0 amide bonds. The van der Waals surface area contributed by atoms with Gasteiger partial charge >= 0.3 is 18.9 Å². The summed E-state index contributed by atoms with van der Waals surface area (Å²) in [6.45, 7) is 2.08. The van der Waals surface area contributed by atoms with E-state index in [0.717, 1.165) is 32.0 Å². The molecular formula is C8H13F2Li. The maximum atomic E-state index is 12.0. The van der Waals surface area contributed by atoms with E-state index in [1.807, 2.05) is 0 Å². The van der Waals surface area contributed by atoms with Gasteiger partial charge in [-0.05, 0) is 12.8 Å². The number of halogens is 2. The van der Waals surface area contributed by atoms with E-state index in [2.05, 4.69) is 6.92 Å². The second-order valence-electron chi connectivity index (χ2n) is 2.31. The van der Waals surface area contributed by atoms with Crippen LogP contribution in [0.3, 0.4) is 0 Å². The molecule has 0 N–H and O–H groups in total. The standard InChI is InChI=1S/C8H13F2.Li/c1-2-3-4-5-6-8(10)7-9;/h2-6H2,1H3;/q-1;+1. The minimum Gasteiger partial charge on any atom is -0.456 e. The van der Waals surface area contributed by atoms with E-state index >= 15 is 0 Å². The SMILES string of the molecule is CCCCCCC(F)=[C-]F.[Li+]. The summed E-state index contributed by atoms with van der Waals surface area (Å²) >= 11 is 0. The number of unbranched alkanes of at least 4 members (excludes halogenated alkanes) is 3. The Balaban J connectivity index is 0. The molecule has 0 atom stereocenters. The molecule has 0 saturated heterocycles. The Bertz CT molecular complexity index is 102. The van der Waals surface area contributed by atoms with Crippen molar-refractivity contribution < 1.29 is 27.6 Å². The molecule has 0 aromatic carbocycles. The van der Waals surface area contributed by atoms with Crippen LogP contribution >= 0.6 is 0 Å². The molecule has 0 nitrogen and oxygen atoms in total. The van der Waals surface area contributed by atoms with E-state index in [0.29, 0.717) is 0 Å². The summed E-state index contributed by atoms with van der Waals surface area (Å²) in [5.41, 5.74) is 0. The second kappa shape index (κ2) is 10.2. The molecule has 3 heteroatoms. The maximum Gasteiger partial charge on any atom is 1.00 e. The van der Waals surface area contributed by atoms with Crippen molar-refractivity contribution in [2.24, 2.45) is 0 Å². The van der Waals surface area contributed by atoms with E-state index in [9.17, 15) is 8.78 Å². The first kappa shape index (κ1) is 13.8. The minimum absolute atomic E-state index is 0. The van der Waals surface area contributed by atoms with Gasteiger partial charge in [0.2, 0.25) is 0 Å². The molecule has 0 aromatic heterocycles. The van der Waals surface area contributed by atoms with Crippen molar-refractivity contribution in [1.82, 2.24) is 0 Å². The Morgan fingerprint density at radius 3 is 2.36 bits per heavy atom. The van der Waals surface area contributed by atoms with Gasteiger partial charge in [-0.15, -0.1) is 0 Å². The largest absolute Gasteiger partial charge is 1.00 e. The summed E-state index contributed by atoms with van der Waals surface area (Å²) in [6.07, 6.45) is 5.12. The second-order valence-corrected chi connectivity index (χ2v) is 2.31. The van der Waals surface area contributed by atoms with Crippen LogP contribution in [-0.2, 0) is 0 Å². The number of allylic oxidation sites excluding steroid dienone is 1. The zero-order valence-electron chi connectivity index (χ0n) is 7.29. The van der Waals surface area contributed by atoms with Gasteiger partial charge in [0.05, 0.1) is 0 Å². The van der Waals surface area contributed by atoms with Crippen molar-refractivity contribution in [3.05, 3.63) is 12.2 Å². The van der Waals surface area contributed by atoms with Gasteiger partial charge in [0.25, 0.3) is 0 Å². The van der Waals surface area contributed by atoms with Gasteiger partial charge in [-0.1, -0.05) is 32.0 Å². The zero-order valence-corrected chi connectivity index (χ0v) is 7.29. The fourth-order valence-electron chi connectivity index (χ4n) is 0.754. The van der Waals surface area contributed by atoms with E-state index in [-0.39, 0.29) is 25.3 Å². The van der Waals surface area contributed by atoms with Crippen LogP contribution < -0.4 is 18.9 Å². The van der Waals surface area contributed by atoms with E-state index < -0.39 is 5.83 Å². The van der Waals surface area contributed by atoms with Crippen molar-refractivity contribution in [3.63, 3.8) is 0 Å². The molecule has 0 unspecified atom stereocenters. The quantitative estimate of drug-likeness (QED) is 0.308. The smallest absolute Gasteiger partial charge is 0.456 e. The monoisotopic (exact) mass is 154 g/mol. The number of hydrogen-bond donors (Lipinski definition) is 0. The van der Waals surface area contributed by atoms with Crippen molar-refractivity contribution in [3.8, 4) is 0 Å². The Morgan fingerprint density at radius 1 is 1.27 bits per heavy atom. The molecular weight excluding hydrogens is 141 g/mol. The molecule has 0 saturated carbocycles. The molecule has 60 valence electrons. The molecule has 0 aromatic rings.